The number of ether oxygens (including phenoxy) is 2. The highest BCUT2D eigenvalue weighted by molar-refractivity contribution is 7.46. The predicted molar refractivity (Wildman–Crippen MR) is 156 cm³/mol. The summed E-state index contributed by atoms with van der Waals surface area (Å²) in [5.74, 6) is -0.979. The topological polar surface area (TPSA) is 148 Å². The fourth-order valence-electron chi connectivity index (χ4n) is 4.28. The Labute approximate surface area is 241 Å². The lowest BCUT2D eigenvalue weighted by Crippen LogP contribution is -2.29. The second-order valence-corrected chi connectivity index (χ2v) is 11.8. The third kappa shape index (κ3) is 29.5. The van der Waals surface area contributed by atoms with E-state index in [1.165, 1.54) is 58.3 Å². The molecule has 0 aromatic carbocycles. The number of amides is 1. The van der Waals surface area contributed by atoms with E-state index in [0.717, 1.165) is 51.4 Å². The summed E-state index contributed by atoms with van der Waals surface area (Å²) >= 11 is 0. The SMILES string of the molecule is CCCCCCCCCCCCCCC(=O)O[C@H](COC(=O)CCCCCCCCNC(C)=O)COP(=O)(O)O. The first-order valence-electron chi connectivity index (χ1n) is 15.4. The van der Waals surface area contributed by atoms with Gasteiger partial charge in [-0.3, -0.25) is 18.9 Å². The third-order valence-corrected chi connectivity index (χ3v) is 7.06. The number of nitrogens with one attached hydrogen (secondary N) is 1. The van der Waals surface area contributed by atoms with E-state index in [2.05, 4.69) is 16.8 Å². The first kappa shape index (κ1) is 38.5. The summed E-state index contributed by atoms with van der Waals surface area (Å²) in [4.78, 5) is 53.1. The smallest absolute Gasteiger partial charge is 0.462 e. The molecule has 0 aliphatic carbocycles. The number of hydrogen-bond donors (Lipinski definition) is 3. The van der Waals surface area contributed by atoms with Gasteiger partial charge >= 0.3 is 19.8 Å². The Kier molecular flexibility index (Phi) is 25.4. The number of hydrogen-bond acceptors (Lipinski definition) is 7. The van der Waals surface area contributed by atoms with Crippen molar-refractivity contribution in [3.63, 3.8) is 0 Å². The van der Waals surface area contributed by atoms with Crippen molar-refractivity contribution in [2.75, 3.05) is 19.8 Å². The standard InChI is InChI=1S/C29H56NO9P/c1-3-4-5-6-7-8-9-10-11-12-16-19-22-29(33)39-27(25-38-40(34,35)36)24-37-28(32)21-18-15-13-14-17-20-23-30-26(2)31/h27H,3-25H2,1-2H3,(H,30,31)(H2,34,35,36)/t27-/m1/s1. The molecule has 0 saturated heterocycles. The van der Waals surface area contributed by atoms with Gasteiger partial charge in [-0.25, -0.2) is 4.57 Å². The van der Waals surface area contributed by atoms with Crippen LogP contribution in [-0.2, 0) is 32.9 Å². The zero-order valence-corrected chi connectivity index (χ0v) is 25.9. The fourth-order valence-corrected chi connectivity index (χ4v) is 4.64. The van der Waals surface area contributed by atoms with Crippen molar-refractivity contribution in [3.05, 3.63) is 0 Å². The van der Waals surface area contributed by atoms with Gasteiger partial charge in [0.25, 0.3) is 0 Å². The zero-order valence-electron chi connectivity index (χ0n) is 25.0. The Morgan fingerprint density at radius 3 is 1.60 bits per heavy atom. The lowest BCUT2D eigenvalue weighted by molar-refractivity contribution is -0.161. The quantitative estimate of drug-likeness (QED) is 0.0524. The molecule has 0 saturated carbocycles. The lowest BCUT2D eigenvalue weighted by atomic mass is 10.0. The molecule has 0 fully saturated rings. The molecule has 0 unspecified atom stereocenters. The molecule has 40 heavy (non-hydrogen) atoms. The van der Waals surface area contributed by atoms with Gasteiger partial charge in [-0.15, -0.1) is 0 Å². The van der Waals surface area contributed by atoms with Crippen LogP contribution < -0.4 is 5.32 Å². The van der Waals surface area contributed by atoms with Crippen LogP contribution in [0.3, 0.4) is 0 Å². The average Bonchev–Trinajstić information content (AvgIpc) is 2.89. The molecule has 0 spiro atoms. The first-order chi connectivity index (χ1) is 19.1. The van der Waals surface area contributed by atoms with Gasteiger partial charge in [0.15, 0.2) is 6.10 Å². The summed E-state index contributed by atoms with van der Waals surface area (Å²) in [6.07, 6.45) is 18.9. The van der Waals surface area contributed by atoms with Crippen LogP contribution >= 0.6 is 7.82 Å². The molecular formula is C29H56NO9P. The maximum atomic E-state index is 12.2. The largest absolute Gasteiger partial charge is 0.469 e. The predicted octanol–water partition coefficient (Wildman–Crippen LogP) is 6.51. The van der Waals surface area contributed by atoms with Crippen LogP contribution in [-0.4, -0.2) is 53.5 Å². The van der Waals surface area contributed by atoms with Gasteiger partial charge in [-0.2, -0.15) is 0 Å². The van der Waals surface area contributed by atoms with Gasteiger partial charge in [0.2, 0.25) is 5.91 Å². The Hall–Kier alpha value is -1.48. The monoisotopic (exact) mass is 593 g/mol. The van der Waals surface area contributed by atoms with E-state index in [1.54, 1.807) is 0 Å². The highest BCUT2D eigenvalue weighted by Crippen LogP contribution is 2.35. The van der Waals surface area contributed by atoms with Gasteiger partial charge in [-0.1, -0.05) is 103 Å². The average molecular weight is 594 g/mol. The summed E-state index contributed by atoms with van der Waals surface area (Å²) < 4.78 is 26.0. The molecule has 11 heteroatoms. The molecule has 1 atom stereocenters. The number of carbonyl (C=O) groups excluding carboxylic acids is 3. The van der Waals surface area contributed by atoms with E-state index in [-0.39, 0.29) is 25.4 Å². The number of unbranched alkanes of at least 4 members (excludes halogenated alkanes) is 16. The molecule has 1 amide bonds. The Bertz CT molecular complexity index is 699. The maximum Gasteiger partial charge on any atom is 0.469 e. The molecule has 236 valence electrons. The summed E-state index contributed by atoms with van der Waals surface area (Å²) in [6, 6.07) is 0. The van der Waals surface area contributed by atoms with E-state index < -0.39 is 32.5 Å². The summed E-state index contributed by atoms with van der Waals surface area (Å²) in [5.41, 5.74) is 0. The summed E-state index contributed by atoms with van der Waals surface area (Å²) in [6.45, 7) is 3.53. The van der Waals surface area contributed by atoms with Crippen molar-refractivity contribution >= 4 is 25.7 Å². The molecule has 0 rings (SSSR count). The van der Waals surface area contributed by atoms with Crippen molar-refractivity contribution < 1.29 is 42.7 Å². The highest BCUT2D eigenvalue weighted by atomic mass is 31.2. The van der Waals surface area contributed by atoms with Gasteiger partial charge in [0.1, 0.15) is 6.61 Å². The molecule has 0 aliphatic heterocycles. The van der Waals surface area contributed by atoms with E-state index in [4.69, 9.17) is 19.3 Å². The third-order valence-electron chi connectivity index (χ3n) is 6.57. The maximum absolute atomic E-state index is 12.2. The van der Waals surface area contributed by atoms with Crippen LogP contribution in [0.5, 0.6) is 0 Å². The van der Waals surface area contributed by atoms with Crippen molar-refractivity contribution in [1.82, 2.24) is 5.32 Å². The van der Waals surface area contributed by atoms with Gasteiger partial charge in [0, 0.05) is 26.3 Å². The number of phosphoric ester groups is 1. The lowest BCUT2D eigenvalue weighted by Gasteiger charge is -2.18. The van der Waals surface area contributed by atoms with E-state index in [0.29, 0.717) is 19.4 Å². The van der Waals surface area contributed by atoms with E-state index in [1.807, 2.05) is 0 Å². The molecule has 0 bridgehead atoms. The minimum absolute atomic E-state index is 0.0246. The Morgan fingerprint density at radius 1 is 0.675 bits per heavy atom. The Balaban J connectivity index is 4.03. The van der Waals surface area contributed by atoms with Crippen LogP contribution in [0.1, 0.15) is 142 Å². The van der Waals surface area contributed by atoms with Crippen LogP contribution in [0.25, 0.3) is 0 Å². The van der Waals surface area contributed by atoms with Crippen molar-refractivity contribution in [2.45, 2.75) is 148 Å². The molecule has 0 aromatic rings. The van der Waals surface area contributed by atoms with Crippen LogP contribution in [0.4, 0.5) is 0 Å². The number of rotatable bonds is 28. The molecule has 3 N–H and O–H groups in total. The van der Waals surface area contributed by atoms with Crippen LogP contribution in [0.15, 0.2) is 0 Å². The molecule has 0 aromatic heterocycles. The normalized spacial score (nSPS) is 12.2. The van der Waals surface area contributed by atoms with Crippen molar-refractivity contribution in [1.29, 1.82) is 0 Å². The molecule has 0 radical (unpaired) electrons. The van der Waals surface area contributed by atoms with Gasteiger partial charge in [-0.05, 0) is 19.3 Å². The number of carbonyl (C=O) groups is 3. The van der Waals surface area contributed by atoms with Gasteiger partial charge < -0.3 is 24.6 Å². The fraction of sp³-hybridized carbons (Fsp3) is 0.897. The molecular weight excluding hydrogens is 537 g/mol. The Morgan fingerprint density at radius 2 is 1.12 bits per heavy atom. The molecule has 10 nitrogen and oxygen atoms in total. The molecule has 0 heterocycles. The van der Waals surface area contributed by atoms with Crippen LogP contribution in [0.2, 0.25) is 0 Å². The van der Waals surface area contributed by atoms with Crippen molar-refractivity contribution in [3.8, 4) is 0 Å². The zero-order chi connectivity index (χ0) is 29.9. The summed E-state index contributed by atoms with van der Waals surface area (Å²) in [7, 11) is -4.75. The highest BCUT2D eigenvalue weighted by Gasteiger charge is 2.22. The van der Waals surface area contributed by atoms with E-state index in [9.17, 15) is 18.9 Å². The second kappa shape index (κ2) is 26.4. The van der Waals surface area contributed by atoms with Gasteiger partial charge in [0.05, 0.1) is 6.61 Å². The number of esters is 2. The van der Waals surface area contributed by atoms with Crippen LogP contribution in [0, 0.1) is 0 Å². The van der Waals surface area contributed by atoms with Crippen molar-refractivity contribution in [2.24, 2.45) is 0 Å². The number of phosphoric acid groups is 1. The van der Waals surface area contributed by atoms with E-state index >= 15 is 0 Å². The summed E-state index contributed by atoms with van der Waals surface area (Å²) in [5, 5.41) is 2.76. The second-order valence-electron chi connectivity index (χ2n) is 10.6. The first-order valence-corrected chi connectivity index (χ1v) is 17.0. The minimum Gasteiger partial charge on any atom is -0.462 e. The molecule has 0 aliphatic rings. The minimum atomic E-state index is -4.75.